The summed E-state index contributed by atoms with van der Waals surface area (Å²) in [6.07, 6.45) is -4.64. The number of carbonyl (C=O) groups is 1. The SMILES string of the molecule is CCn1c2ccccc2c2cc(NC(=O)c3cc(S(=O)(=O)Nc4cccc(C(F)(F)F)c4)ccc3Cl)ccc21. The minimum absolute atomic E-state index is 0.00850. The van der Waals surface area contributed by atoms with Crippen LogP contribution < -0.4 is 10.0 Å². The molecule has 6 nitrogen and oxygen atoms in total. The number of halogens is 4. The first-order chi connectivity index (χ1) is 18.5. The molecule has 1 amide bonds. The fourth-order valence-electron chi connectivity index (χ4n) is 4.49. The van der Waals surface area contributed by atoms with Crippen molar-refractivity contribution in [1.29, 1.82) is 0 Å². The molecule has 5 rings (SSSR count). The summed E-state index contributed by atoms with van der Waals surface area (Å²) < 4.78 is 69.3. The largest absolute Gasteiger partial charge is 0.416 e. The standard InChI is InChI=1S/C28H21ClF3N3O3S/c1-2-35-25-9-4-3-8-21(25)22-15-18(10-13-26(22)35)33-27(36)23-16-20(11-12-24(23)29)39(37,38)34-19-7-5-6-17(14-19)28(30,31)32/h3-16,34H,2H2,1H3,(H,33,36). The van der Waals surface area contributed by atoms with Crippen LogP contribution in [0.3, 0.4) is 0 Å². The summed E-state index contributed by atoms with van der Waals surface area (Å²) in [6, 6.07) is 20.7. The number of para-hydroxylation sites is 1. The summed E-state index contributed by atoms with van der Waals surface area (Å²) >= 11 is 6.23. The number of fused-ring (bicyclic) bond motifs is 3. The number of anilines is 2. The molecular weight excluding hydrogens is 551 g/mol. The average Bonchev–Trinajstić information content (AvgIpc) is 3.21. The van der Waals surface area contributed by atoms with E-state index in [-0.39, 0.29) is 21.2 Å². The zero-order valence-corrected chi connectivity index (χ0v) is 22.0. The fourth-order valence-corrected chi connectivity index (χ4v) is 5.77. The van der Waals surface area contributed by atoms with Gasteiger partial charge in [-0.15, -0.1) is 0 Å². The summed E-state index contributed by atoms with van der Waals surface area (Å²) in [4.78, 5) is 12.8. The first-order valence-electron chi connectivity index (χ1n) is 11.8. The van der Waals surface area contributed by atoms with Crippen LogP contribution in [0.5, 0.6) is 0 Å². The van der Waals surface area contributed by atoms with E-state index in [4.69, 9.17) is 11.6 Å². The third-order valence-corrected chi connectivity index (χ3v) is 7.99. The van der Waals surface area contributed by atoms with E-state index in [0.29, 0.717) is 11.8 Å². The molecule has 1 heterocycles. The molecule has 0 bridgehead atoms. The number of nitrogens with zero attached hydrogens (tertiary/aromatic N) is 1. The van der Waals surface area contributed by atoms with Crippen LogP contribution >= 0.6 is 11.6 Å². The quantitative estimate of drug-likeness (QED) is 0.221. The second-order valence-corrected chi connectivity index (χ2v) is 10.9. The lowest BCUT2D eigenvalue weighted by molar-refractivity contribution is -0.137. The molecule has 1 aromatic heterocycles. The normalized spacial score (nSPS) is 12.1. The molecule has 200 valence electrons. The Bertz CT molecular complexity index is 1850. The molecule has 0 saturated heterocycles. The predicted octanol–water partition coefficient (Wildman–Crippen LogP) is 7.54. The molecule has 39 heavy (non-hydrogen) atoms. The number of alkyl halides is 3. The molecule has 0 aliphatic carbocycles. The predicted molar refractivity (Wildman–Crippen MR) is 147 cm³/mol. The molecule has 0 unspecified atom stereocenters. The number of aryl methyl sites for hydroxylation is 1. The molecule has 0 fully saturated rings. The van der Waals surface area contributed by atoms with Crippen molar-refractivity contribution in [1.82, 2.24) is 4.57 Å². The van der Waals surface area contributed by atoms with Crippen LogP contribution in [0.1, 0.15) is 22.8 Å². The lowest BCUT2D eigenvalue weighted by Crippen LogP contribution is -2.17. The lowest BCUT2D eigenvalue weighted by atomic mass is 10.1. The van der Waals surface area contributed by atoms with Gasteiger partial charge in [-0.1, -0.05) is 35.9 Å². The third-order valence-electron chi connectivity index (χ3n) is 6.28. The lowest BCUT2D eigenvalue weighted by Gasteiger charge is -2.13. The smallest absolute Gasteiger partial charge is 0.341 e. The zero-order valence-electron chi connectivity index (χ0n) is 20.4. The molecule has 0 atom stereocenters. The molecular formula is C28H21ClF3N3O3S. The van der Waals surface area contributed by atoms with Crippen molar-refractivity contribution in [2.24, 2.45) is 0 Å². The maximum Gasteiger partial charge on any atom is 0.416 e. The fraction of sp³-hybridized carbons (Fsp3) is 0.107. The summed E-state index contributed by atoms with van der Waals surface area (Å²) in [6.45, 7) is 2.81. The summed E-state index contributed by atoms with van der Waals surface area (Å²) in [5, 5.41) is 4.74. The van der Waals surface area contributed by atoms with Gasteiger partial charge in [0.05, 0.1) is 21.0 Å². The summed E-state index contributed by atoms with van der Waals surface area (Å²) in [7, 11) is -4.33. The van der Waals surface area contributed by atoms with Crippen molar-refractivity contribution in [3.63, 3.8) is 0 Å². The number of aromatic nitrogens is 1. The Morgan fingerprint density at radius 1 is 0.872 bits per heavy atom. The highest BCUT2D eigenvalue weighted by Gasteiger charge is 2.31. The number of benzene rings is 4. The Hall–Kier alpha value is -4.02. The average molecular weight is 572 g/mol. The molecule has 0 saturated carbocycles. The highest BCUT2D eigenvalue weighted by molar-refractivity contribution is 7.92. The first-order valence-corrected chi connectivity index (χ1v) is 13.7. The van der Waals surface area contributed by atoms with Crippen LogP contribution in [0.2, 0.25) is 5.02 Å². The van der Waals surface area contributed by atoms with Crippen molar-refractivity contribution in [2.75, 3.05) is 10.0 Å². The molecule has 0 aliphatic rings. The topological polar surface area (TPSA) is 80.2 Å². The summed E-state index contributed by atoms with van der Waals surface area (Å²) in [5.74, 6) is -0.644. The number of hydrogen-bond donors (Lipinski definition) is 2. The maximum absolute atomic E-state index is 13.1. The number of nitrogens with one attached hydrogen (secondary N) is 2. The zero-order chi connectivity index (χ0) is 27.9. The molecule has 0 spiro atoms. The van der Waals surface area contributed by atoms with Gasteiger partial charge in [-0.05, 0) is 67.6 Å². The number of rotatable bonds is 6. The van der Waals surface area contributed by atoms with Gasteiger partial charge in [0.15, 0.2) is 0 Å². The van der Waals surface area contributed by atoms with Crippen molar-refractivity contribution in [3.05, 3.63) is 101 Å². The monoisotopic (exact) mass is 571 g/mol. The molecule has 11 heteroatoms. The number of sulfonamides is 1. The Balaban J connectivity index is 1.44. The minimum Gasteiger partial charge on any atom is -0.341 e. The van der Waals surface area contributed by atoms with Crippen molar-refractivity contribution < 1.29 is 26.4 Å². The van der Waals surface area contributed by atoms with Crippen molar-refractivity contribution in [2.45, 2.75) is 24.5 Å². The number of amides is 1. The molecule has 0 aliphatic heterocycles. The van der Waals surface area contributed by atoms with Gasteiger partial charge in [0.2, 0.25) is 0 Å². The van der Waals surface area contributed by atoms with E-state index in [1.165, 1.54) is 18.2 Å². The second kappa shape index (κ2) is 9.94. The van der Waals surface area contributed by atoms with Crippen LogP contribution in [0.15, 0.2) is 89.8 Å². The molecule has 0 radical (unpaired) electrons. The van der Waals surface area contributed by atoms with Gasteiger partial charge in [-0.25, -0.2) is 8.42 Å². The Morgan fingerprint density at radius 2 is 1.62 bits per heavy atom. The van der Waals surface area contributed by atoms with Crippen molar-refractivity contribution >= 4 is 60.7 Å². The highest BCUT2D eigenvalue weighted by atomic mass is 35.5. The number of hydrogen-bond acceptors (Lipinski definition) is 3. The van der Waals surface area contributed by atoms with Gasteiger partial charge >= 0.3 is 6.18 Å². The number of carbonyl (C=O) groups excluding carboxylic acids is 1. The van der Waals surface area contributed by atoms with Crippen LogP contribution in [-0.4, -0.2) is 18.9 Å². The molecule has 2 N–H and O–H groups in total. The van der Waals surface area contributed by atoms with Crippen LogP contribution in [0.25, 0.3) is 21.8 Å². The van der Waals surface area contributed by atoms with Crippen LogP contribution in [0, 0.1) is 0 Å². The van der Waals surface area contributed by atoms with E-state index in [9.17, 15) is 26.4 Å². The second-order valence-electron chi connectivity index (χ2n) is 8.77. The minimum atomic E-state index is -4.64. The van der Waals surface area contributed by atoms with Gasteiger partial charge < -0.3 is 9.88 Å². The van der Waals surface area contributed by atoms with E-state index in [2.05, 4.69) is 14.6 Å². The van der Waals surface area contributed by atoms with E-state index < -0.39 is 27.7 Å². The highest BCUT2D eigenvalue weighted by Crippen LogP contribution is 2.33. The van der Waals surface area contributed by atoms with E-state index in [1.54, 1.807) is 6.07 Å². The molecule has 5 aromatic rings. The van der Waals surface area contributed by atoms with E-state index >= 15 is 0 Å². The van der Waals surface area contributed by atoms with Gasteiger partial charge in [-0.2, -0.15) is 13.2 Å². The maximum atomic E-state index is 13.1. The third kappa shape index (κ3) is 5.17. The van der Waals surface area contributed by atoms with Crippen LogP contribution in [-0.2, 0) is 22.7 Å². The van der Waals surface area contributed by atoms with Gasteiger partial charge in [0, 0.05) is 39.7 Å². The van der Waals surface area contributed by atoms with Crippen molar-refractivity contribution in [3.8, 4) is 0 Å². The summed E-state index contributed by atoms with van der Waals surface area (Å²) in [5.41, 5.74) is 1.16. The van der Waals surface area contributed by atoms with E-state index in [1.807, 2.05) is 43.3 Å². The van der Waals surface area contributed by atoms with E-state index in [0.717, 1.165) is 46.5 Å². The van der Waals surface area contributed by atoms with Gasteiger partial charge in [0.25, 0.3) is 15.9 Å². The first kappa shape index (κ1) is 26.6. The Labute approximate surface area is 227 Å². The van der Waals surface area contributed by atoms with Gasteiger partial charge in [0.1, 0.15) is 0 Å². The Morgan fingerprint density at radius 3 is 2.36 bits per heavy atom. The molecule has 4 aromatic carbocycles. The Kier molecular flexibility index (Phi) is 6.77. The van der Waals surface area contributed by atoms with Crippen LogP contribution in [0.4, 0.5) is 24.5 Å². The van der Waals surface area contributed by atoms with Gasteiger partial charge in [-0.3, -0.25) is 9.52 Å².